The van der Waals surface area contributed by atoms with Gasteiger partial charge in [-0.3, -0.25) is 14.7 Å². The number of rotatable bonds is 7. The highest BCUT2D eigenvalue weighted by molar-refractivity contribution is 5.98. The predicted molar refractivity (Wildman–Crippen MR) is 136 cm³/mol. The van der Waals surface area contributed by atoms with Crippen LogP contribution in [-0.4, -0.2) is 69.7 Å². The number of ether oxygens (including phenoxy) is 1. The zero-order chi connectivity index (χ0) is 25.7. The fourth-order valence-electron chi connectivity index (χ4n) is 4.39. The van der Waals surface area contributed by atoms with Crippen LogP contribution in [0.3, 0.4) is 0 Å². The monoisotopic (exact) mass is 485 g/mol. The largest absolute Gasteiger partial charge is 0.472 e. The summed E-state index contributed by atoms with van der Waals surface area (Å²) in [5.41, 5.74) is 3.69. The van der Waals surface area contributed by atoms with E-state index in [9.17, 15) is 9.90 Å². The van der Waals surface area contributed by atoms with Gasteiger partial charge in [0.2, 0.25) is 5.88 Å². The minimum Gasteiger partial charge on any atom is -0.472 e. The van der Waals surface area contributed by atoms with Crippen molar-refractivity contribution >= 4 is 5.91 Å². The van der Waals surface area contributed by atoms with Crippen LogP contribution >= 0.6 is 0 Å². The molecule has 0 aliphatic carbocycles. The molecule has 1 aliphatic rings. The number of likely N-dealkylation sites (N-methyl/N-ethyl adjacent to an activating group) is 1. The van der Waals surface area contributed by atoms with Gasteiger partial charge in [-0.2, -0.15) is 5.26 Å². The molecule has 8 nitrogen and oxygen atoms in total. The molecule has 8 heteroatoms. The van der Waals surface area contributed by atoms with Gasteiger partial charge >= 0.3 is 0 Å². The number of carbonyl (C=O) groups excluding carboxylic acids is 1. The first-order chi connectivity index (χ1) is 17.4. The van der Waals surface area contributed by atoms with E-state index in [0.29, 0.717) is 30.1 Å². The van der Waals surface area contributed by atoms with Gasteiger partial charge in [-0.15, -0.1) is 0 Å². The van der Waals surface area contributed by atoms with Crippen molar-refractivity contribution in [3.05, 3.63) is 77.7 Å². The number of fused-ring (bicyclic) bond motifs is 1. The number of carbonyl (C=O) groups is 1. The van der Waals surface area contributed by atoms with Gasteiger partial charge in [0.05, 0.1) is 24.3 Å². The number of aliphatic hydroxyl groups is 1. The molecular formula is C28H31N5O3. The zero-order valence-corrected chi connectivity index (χ0v) is 20.8. The first kappa shape index (κ1) is 25.3. The molecule has 0 spiro atoms. The fraction of sp³-hybridized carbons (Fsp3) is 0.357. The molecule has 0 saturated carbocycles. The Morgan fingerprint density at radius 1 is 1.22 bits per heavy atom. The molecule has 36 heavy (non-hydrogen) atoms. The quantitative estimate of drug-likeness (QED) is 0.547. The number of nitriles is 1. The first-order valence-electron chi connectivity index (χ1n) is 12.1. The van der Waals surface area contributed by atoms with Gasteiger partial charge < -0.3 is 14.7 Å². The van der Waals surface area contributed by atoms with Gasteiger partial charge in [0, 0.05) is 49.7 Å². The van der Waals surface area contributed by atoms with E-state index in [0.717, 1.165) is 23.2 Å². The number of hydrogen-bond donors (Lipinski definition) is 1. The summed E-state index contributed by atoms with van der Waals surface area (Å²) in [6, 6.07) is 14.7. The highest BCUT2D eigenvalue weighted by Crippen LogP contribution is 2.30. The lowest BCUT2D eigenvalue weighted by Crippen LogP contribution is -2.49. The third kappa shape index (κ3) is 5.70. The van der Waals surface area contributed by atoms with Crippen LogP contribution in [0.4, 0.5) is 0 Å². The van der Waals surface area contributed by atoms with Gasteiger partial charge in [0.15, 0.2) is 0 Å². The molecule has 0 bridgehead atoms. The van der Waals surface area contributed by atoms with Gasteiger partial charge in [0.25, 0.3) is 5.91 Å². The summed E-state index contributed by atoms with van der Waals surface area (Å²) in [5, 5.41) is 19.0. The van der Waals surface area contributed by atoms with Crippen LogP contribution in [0.25, 0.3) is 11.1 Å². The average molecular weight is 486 g/mol. The van der Waals surface area contributed by atoms with E-state index < -0.39 is 0 Å². The Balaban J connectivity index is 1.66. The first-order valence-corrected chi connectivity index (χ1v) is 12.1. The summed E-state index contributed by atoms with van der Waals surface area (Å²) in [4.78, 5) is 26.2. The lowest BCUT2D eigenvalue weighted by Gasteiger charge is -2.37. The van der Waals surface area contributed by atoms with Gasteiger partial charge in [0.1, 0.15) is 11.7 Å². The van der Waals surface area contributed by atoms with Crippen molar-refractivity contribution in [2.24, 2.45) is 5.92 Å². The second-order valence-electron chi connectivity index (χ2n) is 9.44. The number of aromatic nitrogens is 2. The second kappa shape index (κ2) is 11.3. The summed E-state index contributed by atoms with van der Waals surface area (Å²) in [6.45, 7) is 5.60. The minimum atomic E-state index is -0.348. The Hall–Kier alpha value is -3.80. The third-order valence-corrected chi connectivity index (χ3v) is 6.56. The van der Waals surface area contributed by atoms with Crippen molar-refractivity contribution in [3.8, 4) is 23.1 Å². The highest BCUT2D eigenvalue weighted by Gasteiger charge is 2.34. The molecule has 0 saturated heterocycles. The maximum Gasteiger partial charge on any atom is 0.259 e. The summed E-state index contributed by atoms with van der Waals surface area (Å²) < 4.78 is 6.40. The van der Waals surface area contributed by atoms with Crippen molar-refractivity contribution in [2.45, 2.75) is 32.5 Å². The van der Waals surface area contributed by atoms with Crippen molar-refractivity contribution in [1.29, 1.82) is 5.26 Å². The highest BCUT2D eigenvalue weighted by atomic mass is 16.5. The van der Waals surface area contributed by atoms with E-state index in [-0.39, 0.29) is 30.6 Å². The summed E-state index contributed by atoms with van der Waals surface area (Å²) >= 11 is 0. The normalized spacial score (nSPS) is 18.6. The number of hydrogen-bond acceptors (Lipinski definition) is 7. The Morgan fingerprint density at radius 2 is 1.94 bits per heavy atom. The maximum absolute atomic E-state index is 13.6. The SMILES string of the molecule is C[C@@H]1CN([C@@H](C)CO)C(=O)c2cc(-c3ccc(C#N)cc3)cnc2O[C@@H]1CN(C)Cc1ccncc1. The van der Waals surface area contributed by atoms with Crippen LogP contribution in [-0.2, 0) is 6.54 Å². The Kier molecular flexibility index (Phi) is 7.93. The fourth-order valence-corrected chi connectivity index (χ4v) is 4.39. The maximum atomic E-state index is 13.6. The second-order valence-corrected chi connectivity index (χ2v) is 9.44. The summed E-state index contributed by atoms with van der Waals surface area (Å²) in [6.07, 6.45) is 5.04. The molecule has 1 amide bonds. The molecule has 1 aromatic carbocycles. The lowest BCUT2D eigenvalue weighted by molar-refractivity contribution is 0.0325. The van der Waals surface area contributed by atoms with Gasteiger partial charge in [-0.1, -0.05) is 19.1 Å². The smallest absolute Gasteiger partial charge is 0.259 e. The Labute approximate surface area is 211 Å². The van der Waals surface area contributed by atoms with Crippen molar-refractivity contribution < 1.29 is 14.6 Å². The number of amides is 1. The summed E-state index contributed by atoms with van der Waals surface area (Å²) in [7, 11) is 2.04. The number of aliphatic hydroxyl groups excluding tert-OH is 1. The third-order valence-electron chi connectivity index (χ3n) is 6.56. The van der Waals surface area contributed by atoms with Crippen LogP contribution in [0.5, 0.6) is 5.88 Å². The predicted octanol–water partition coefficient (Wildman–Crippen LogP) is 3.37. The van der Waals surface area contributed by atoms with E-state index in [4.69, 9.17) is 10.00 Å². The standard InChI is InChI=1S/C28H31N5O3/c1-19-15-33(20(2)18-34)28(35)25-12-24(23-6-4-21(13-29)5-7-23)14-31-27(25)36-26(19)17-32(3)16-22-8-10-30-11-9-22/h4-12,14,19-20,26,34H,15-18H2,1-3H3/t19-,20+,26-/m1/s1. The molecule has 3 atom stereocenters. The van der Waals surface area contributed by atoms with E-state index >= 15 is 0 Å². The topological polar surface area (TPSA) is 103 Å². The molecule has 3 heterocycles. The minimum absolute atomic E-state index is 0.0102. The van der Waals surface area contributed by atoms with Crippen molar-refractivity contribution in [3.63, 3.8) is 0 Å². The molecule has 0 radical (unpaired) electrons. The molecule has 1 N–H and O–H groups in total. The lowest BCUT2D eigenvalue weighted by atomic mass is 9.99. The van der Waals surface area contributed by atoms with E-state index in [1.165, 1.54) is 0 Å². The number of nitrogens with zero attached hydrogens (tertiary/aromatic N) is 5. The summed E-state index contributed by atoms with van der Waals surface area (Å²) in [5.74, 6) is 0.0855. The molecular weight excluding hydrogens is 454 g/mol. The number of benzene rings is 1. The van der Waals surface area contributed by atoms with Crippen LogP contribution in [0, 0.1) is 17.2 Å². The van der Waals surface area contributed by atoms with Crippen LogP contribution in [0.15, 0.2) is 61.1 Å². The van der Waals surface area contributed by atoms with Crippen LogP contribution in [0.1, 0.15) is 35.3 Å². The van der Waals surface area contributed by atoms with Crippen LogP contribution in [0.2, 0.25) is 0 Å². The number of pyridine rings is 2. The van der Waals surface area contributed by atoms with E-state index in [1.807, 2.05) is 38.2 Å². The van der Waals surface area contributed by atoms with Gasteiger partial charge in [-0.25, -0.2) is 4.98 Å². The molecule has 0 fully saturated rings. The zero-order valence-electron chi connectivity index (χ0n) is 20.8. The molecule has 1 aliphatic heterocycles. The average Bonchev–Trinajstić information content (AvgIpc) is 2.90. The van der Waals surface area contributed by atoms with E-state index in [2.05, 4.69) is 27.9 Å². The Bertz CT molecular complexity index is 1230. The van der Waals surface area contributed by atoms with Crippen molar-refractivity contribution in [2.75, 3.05) is 26.7 Å². The molecule has 186 valence electrons. The molecule has 4 rings (SSSR count). The molecule has 2 aromatic heterocycles. The molecule has 0 unspecified atom stereocenters. The van der Waals surface area contributed by atoms with Crippen LogP contribution < -0.4 is 4.74 Å². The Morgan fingerprint density at radius 3 is 2.61 bits per heavy atom. The van der Waals surface area contributed by atoms with Gasteiger partial charge in [-0.05, 0) is 55.4 Å². The van der Waals surface area contributed by atoms with Crippen molar-refractivity contribution in [1.82, 2.24) is 19.8 Å². The molecule has 3 aromatic rings. The van der Waals surface area contributed by atoms with E-state index in [1.54, 1.807) is 41.7 Å².